The molecule has 0 bridgehead atoms. The molecule has 112 valence electrons. The number of pyridine rings is 1. The second kappa shape index (κ2) is 5.13. The number of ether oxygens (including phenoxy) is 1. The highest BCUT2D eigenvalue weighted by Crippen LogP contribution is 2.33. The Labute approximate surface area is 105 Å². The van der Waals surface area contributed by atoms with E-state index >= 15 is 0 Å². The van der Waals surface area contributed by atoms with E-state index < -0.39 is 47.9 Å². The van der Waals surface area contributed by atoms with Crippen molar-refractivity contribution in [2.24, 2.45) is 0 Å². The average molecular weight is 307 g/mol. The maximum absolute atomic E-state index is 13.4. The molecule has 0 amide bonds. The molecule has 0 aliphatic rings. The number of halogens is 7. The number of carboxylic acid groups (broad SMARTS) is 1. The highest BCUT2D eigenvalue weighted by atomic mass is 19.4. The molecule has 0 aliphatic carbocycles. The molecule has 1 rings (SSSR count). The maximum atomic E-state index is 13.4. The standard InChI is InChI=1S/C9H4F7NO3/c10-6-3(2-5(18)19)1-4(8(11,12)13)17-7(6)20-9(14,15)16/h1H,2H2,(H,18,19). The molecule has 1 aromatic rings. The van der Waals surface area contributed by atoms with Crippen LogP contribution in [0.1, 0.15) is 11.3 Å². The van der Waals surface area contributed by atoms with Crippen LogP contribution in [0, 0.1) is 5.82 Å². The first-order valence-electron chi connectivity index (χ1n) is 4.64. The molecule has 0 aromatic carbocycles. The second-order valence-corrected chi connectivity index (χ2v) is 3.40. The lowest BCUT2D eigenvalue weighted by atomic mass is 10.1. The van der Waals surface area contributed by atoms with Crippen LogP contribution in [-0.4, -0.2) is 22.4 Å². The largest absolute Gasteiger partial charge is 0.574 e. The molecular formula is C9H4F7NO3. The number of nitrogens with zero attached hydrogens (tertiary/aromatic N) is 1. The third-order valence-corrected chi connectivity index (χ3v) is 1.85. The lowest BCUT2D eigenvalue weighted by molar-refractivity contribution is -0.277. The predicted octanol–water partition coefficient (Wildman–Crippen LogP) is 2.77. The van der Waals surface area contributed by atoms with Crippen LogP contribution in [0.2, 0.25) is 0 Å². The minimum Gasteiger partial charge on any atom is -0.481 e. The lowest BCUT2D eigenvalue weighted by Gasteiger charge is -2.13. The molecule has 0 aliphatic heterocycles. The van der Waals surface area contributed by atoms with Crippen molar-refractivity contribution in [2.75, 3.05) is 0 Å². The second-order valence-electron chi connectivity index (χ2n) is 3.40. The van der Waals surface area contributed by atoms with Crippen molar-refractivity contribution in [3.63, 3.8) is 0 Å². The van der Waals surface area contributed by atoms with Gasteiger partial charge in [-0.05, 0) is 6.07 Å². The van der Waals surface area contributed by atoms with Gasteiger partial charge in [0.2, 0.25) is 0 Å². The smallest absolute Gasteiger partial charge is 0.481 e. The van der Waals surface area contributed by atoms with Crippen LogP contribution in [0.15, 0.2) is 6.07 Å². The maximum Gasteiger partial charge on any atom is 0.574 e. The number of alkyl halides is 6. The Morgan fingerprint density at radius 1 is 1.25 bits per heavy atom. The predicted molar refractivity (Wildman–Crippen MR) is 47.2 cm³/mol. The fourth-order valence-corrected chi connectivity index (χ4v) is 1.17. The van der Waals surface area contributed by atoms with E-state index in [-0.39, 0.29) is 6.07 Å². The molecule has 0 spiro atoms. The molecule has 0 saturated carbocycles. The van der Waals surface area contributed by atoms with Crippen molar-refractivity contribution in [2.45, 2.75) is 19.0 Å². The van der Waals surface area contributed by atoms with Crippen molar-refractivity contribution in [1.82, 2.24) is 4.98 Å². The summed E-state index contributed by atoms with van der Waals surface area (Å²) in [6.07, 6.45) is -11.9. The van der Waals surface area contributed by atoms with E-state index in [1.165, 1.54) is 0 Å². The number of carbonyl (C=O) groups is 1. The minimum atomic E-state index is -5.47. The number of hydrogen-bond donors (Lipinski definition) is 1. The molecule has 11 heteroatoms. The number of rotatable bonds is 3. The Morgan fingerprint density at radius 3 is 2.20 bits per heavy atom. The zero-order chi connectivity index (χ0) is 15.7. The average Bonchev–Trinajstić information content (AvgIpc) is 2.19. The summed E-state index contributed by atoms with van der Waals surface area (Å²) in [4.78, 5) is 12.7. The molecule has 0 fully saturated rings. The van der Waals surface area contributed by atoms with Gasteiger partial charge >= 0.3 is 18.5 Å². The zero-order valence-corrected chi connectivity index (χ0v) is 9.14. The van der Waals surface area contributed by atoms with Crippen molar-refractivity contribution in [1.29, 1.82) is 0 Å². The Balaban J connectivity index is 3.38. The molecule has 1 heterocycles. The monoisotopic (exact) mass is 307 g/mol. The van der Waals surface area contributed by atoms with E-state index in [2.05, 4.69) is 9.72 Å². The Kier molecular flexibility index (Phi) is 4.10. The van der Waals surface area contributed by atoms with Crippen LogP contribution in [0.5, 0.6) is 5.88 Å². The highest BCUT2D eigenvalue weighted by Gasteiger charge is 2.38. The summed E-state index contributed by atoms with van der Waals surface area (Å²) in [5.74, 6) is -5.64. The van der Waals surface area contributed by atoms with Crippen molar-refractivity contribution in [3.05, 3.63) is 23.1 Å². The van der Waals surface area contributed by atoms with Gasteiger partial charge in [0, 0.05) is 5.56 Å². The van der Waals surface area contributed by atoms with Crippen LogP contribution >= 0.6 is 0 Å². The van der Waals surface area contributed by atoms with E-state index in [1.54, 1.807) is 0 Å². The fraction of sp³-hybridized carbons (Fsp3) is 0.333. The quantitative estimate of drug-likeness (QED) is 0.872. The molecule has 0 atom stereocenters. The molecule has 1 N–H and O–H groups in total. The van der Waals surface area contributed by atoms with Gasteiger partial charge in [-0.3, -0.25) is 4.79 Å². The lowest BCUT2D eigenvalue weighted by Crippen LogP contribution is -2.21. The fourth-order valence-electron chi connectivity index (χ4n) is 1.17. The van der Waals surface area contributed by atoms with E-state index in [1.807, 2.05) is 0 Å². The first kappa shape index (κ1) is 16.0. The normalized spacial score (nSPS) is 12.3. The molecule has 1 aromatic heterocycles. The first-order chi connectivity index (χ1) is 8.90. The van der Waals surface area contributed by atoms with Gasteiger partial charge in [0.05, 0.1) is 6.42 Å². The summed E-state index contributed by atoms with van der Waals surface area (Å²) in [6, 6.07) is 0.00663. The van der Waals surface area contributed by atoms with E-state index in [4.69, 9.17) is 5.11 Å². The van der Waals surface area contributed by atoms with Crippen LogP contribution < -0.4 is 4.74 Å². The summed E-state index contributed by atoms with van der Waals surface area (Å²) in [7, 11) is 0. The molecule has 0 unspecified atom stereocenters. The van der Waals surface area contributed by atoms with Gasteiger partial charge in [-0.2, -0.15) is 13.2 Å². The van der Waals surface area contributed by atoms with Gasteiger partial charge in [-0.1, -0.05) is 0 Å². The first-order valence-corrected chi connectivity index (χ1v) is 4.64. The topological polar surface area (TPSA) is 59.4 Å². The van der Waals surface area contributed by atoms with Crippen molar-refractivity contribution >= 4 is 5.97 Å². The van der Waals surface area contributed by atoms with Gasteiger partial charge in [-0.25, -0.2) is 9.37 Å². The van der Waals surface area contributed by atoms with Crippen LogP contribution in [0.25, 0.3) is 0 Å². The Bertz CT molecular complexity index is 523. The third-order valence-electron chi connectivity index (χ3n) is 1.85. The zero-order valence-electron chi connectivity index (χ0n) is 9.14. The van der Waals surface area contributed by atoms with E-state index in [0.29, 0.717) is 0 Å². The van der Waals surface area contributed by atoms with E-state index in [9.17, 15) is 35.5 Å². The SMILES string of the molecule is O=C(O)Cc1cc(C(F)(F)F)nc(OC(F)(F)F)c1F. The summed E-state index contributed by atoms with van der Waals surface area (Å²) in [5.41, 5.74) is -3.02. The highest BCUT2D eigenvalue weighted by molar-refractivity contribution is 5.70. The van der Waals surface area contributed by atoms with Crippen LogP contribution in [-0.2, 0) is 17.4 Å². The van der Waals surface area contributed by atoms with E-state index in [0.717, 1.165) is 0 Å². The molecule has 20 heavy (non-hydrogen) atoms. The van der Waals surface area contributed by atoms with Crippen molar-refractivity contribution < 1.29 is 45.4 Å². The van der Waals surface area contributed by atoms with Gasteiger partial charge in [-0.15, -0.1) is 13.2 Å². The number of carboxylic acids is 1. The summed E-state index contributed by atoms with van der Waals surface area (Å²) < 4.78 is 89.3. The van der Waals surface area contributed by atoms with Gasteiger partial charge in [0.25, 0.3) is 5.88 Å². The van der Waals surface area contributed by atoms with Gasteiger partial charge < -0.3 is 9.84 Å². The van der Waals surface area contributed by atoms with Crippen LogP contribution in [0.4, 0.5) is 30.7 Å². The van der Waals surface area contributed by atoms with Crippen molar-refractivity contribution in [3.8, 4) is 5.88 Å². The molecule has 0 saturated heterocycles. The summed E-state index contributed by atoms with van der Waals surface area (Å²) >= 11 is 0. The molecule has 4 nitrogen and oxygen atoms in total. The van der Waals surface area contributed by atoms with Crippen LogP contribution in [0.3, 0.4) is 0 Å². The number of hydrogen-bond acceptors (Lipinski definition) is 3. The Hall–Kier alpha value is -2.07. The molecular weight excluding hydrogens is 303 g/mol. The Morgan fingerprint density at radius 2 is 1.80 bits per heavy atom. The number of aliphatic carboxylic acids is 1. The number of aromatic nitrogens is 1. The minimum absolute atomic E-state index is 0.00663. The molecule has 0 radical (unpaired) electrons. The third kappa shape index (κ3) is 4.24. The van der Waals surface area contributed by atoms with Gasteiger partial charge in [0.15, 0.2) is 5.82 Å². The van der Waals surface area contributed by atoms with Gasteiger partial charge in [0.1, 0.15) is 5.69 Å². The summed E-state index contributed by atoms with van der Waals surface area (Å²) in [6.45, 7) is 0. The summed E-state index contributed by atoms with van der Waals surface area (Å²) in [5, 5.41) is 8.38.